The van der Waals surface area contributed by atoms with Crippen molar-refractivity contribution < 1.29 is 77.2 Å². The zero-order valence-corrected chi connectivity index (χ0v) is 42.7. The van der Waals surface area contributed by atoms with E-state index in [-0.39, 0.29) is 36.7 Å². The molecule has 2 aromatic heterocycles. The Kier molecular flexibility index (Phi) is 18.0. The molecule has 25 heteroatoms. The van der Waals surface area contributed by atoms with Gasteiger partial charge in [-0.25, -0.2) is 18.1 Å². The quantitative estimate of drug-likeness (QED) is 0.0628. The lowest BCUT2D eigenvalue weighted by Crippen LogP contribution is -2.58. The maximum Gasteiger partial charge on any atom is 0.306 e. The fourth-order valence-corrected chi connectivity index (χ4v) is 10.6. The Morgan fingerprint density at radius 1 is 0.633 bits per heavy atom. The highest BCUT2D eigenvalue weighted by Crippen LogP contribution is 2.43. The van der Waals surface area contributed by atoms with Crippen molar-refractivity contribution in [2.24, 2.45) is 0 Å². The molecule has 9 rings (SSSR count). The lowest BCUT2D eigenvalue weighted by Gasteiger charge is -2.46. The SMILES string of the molecule is O=C(O)CCC(=O)OC[C@H]1O[C@@H](S[C@@H]2O[C@H](COC(=O)CCC(=O)NCCC(=O)N3Cc4ccccc4/C=C\c4ccccc43)[C@H](O)[C@H](n3cc(-c4cccc(F)c4)nn3)[C@H]2O)[C@H](O)[C@@H](n2cc(-c3cccc(F)c3)nn2)[C@H]1O. The molecule has 79 heavy (non-hydrogen) atoms. The molecule has 0 saturated carbocycles. The van der Waals surface area contributed by atoms with Crippen LogP contribution < -0.4 is 10.2 Å². The van der Waals surface area contributed by atoms with Gasteiger partial charge in [0.2, 0.25) is 11.8 Å². The molecule has 0 radical (unpaired) electrons. The molecular formula is C54H54F2N8O14S. The number of para-hydroxylation sites is 1. The lowest BCUT2D eigenvalue weighted by molar-refractivity contribution is -0.196. The maximum atomic E-state index is 14.3. The van der Waals surface area contributed by atoms with Crippen molar-refractivity contribution in [2.45, 2.75) is 98.2 Å². The number of hydrogen-bond donors (Lipinski definition) is 6. The van der Waals surface area contributed by atoms with Crippen LogP contribution in [0.25, 0.3) is 34.7 Å². The van der Waals surface area contributed by atoms with Crippen molar-refractivity contribution in [1.29, 1.82) is 0 Å². The van der Waals surface area contributed by atoms with Crippen LogP contribution in [0.1, 0.15) is 60.9 Å². The molecule has 0 bridgehead atoms. The minimum absolute atomic E-state index is 0.0243. The minimum Gasteiger partial charge on any atom is -0.481 e. The topological polar surface area (TPSA) is 300 Å². The summed E-state index contributed by atoms with van der Waals surface area (Å²) in [6.07, 6.45) is -5.00. The normalized spacial score (nSPS) is 24.0. The molecule has 4 aromatic carbocycles. The highest BCUT2D eigenvalue weighted by Gasteiger charge is 2.52. The van der Waals surface area contributed by atoms with Gasteiger partial charge in [0.1, 0.15) is 95.8 Å². The number of carbonyl (C=O) groups is 5. The molecule has 3 aliphatic rings. The van der Waals surface area contributed by atoms with Crippen molar-refractivity contribution in [2.75, 3.05) is 24.7 Å². The minimum atomic E-state index is -1.74. The summed E-state index contributed by atoms with van der Waals surface area (Å²) in [4.78, 5) is 65.3. The number of amides is 2. The summed E-state index contributed by atoms with van der Waals surface area (Å²) in [5.74, 6) is -4.99. The molecule has 0 spiro atoms. The Bertz CT molecular complexity index is 3200. The highest BCUT2D eigenvalue weighted by molar-refractivity contribution is 8.00. The zero-order valence-electron chi connectivity index (χ0n) is 41.9. The molecule has 6 N–H and O–H groups in total. The van der Waals surface area contributed by atoms with Crippen molar-refractivity contribution in [3.05, 3.63) is 138 Å². The van der Waals surface area contributed by atoms with E-state index < -0.39 is 128 Å². The van der Waals surface area contributed by atoms with Crippen LogP contribution in [0.5, 0.6) is 0 Å². The maximum absolute atomic E-state index is 14.3. The number of aliphatic hydroxyl groups excluding tert-OH is 4. The molecule has 2 fully saturated rings. The predicted molar refractivity (Wildman–Crippen MR) is 276 cm³/mol. The van der Waals surface area contributed by atoms with Crippen molar-refractivity contribution >= 4 is 59.3 Å². The molecule has 0 aliphatic carbocycles. The number of nitrogens with zero attached hydrogens (tertiary/aromatic N) is 7. The highest BCUT2D eigenvalue weighted by atomic mass is 32.2. The molecule has 10 atom stereocenters. The van der Waals surface area contributed by atoms with E-state index in [9.17, 15) is 53.2 Å². The van der Waals surface area contributed by atoms with Crippen LogP contribution in [0.3, 0.4) is 0 Å². The van der Waals surface area contributed by atoms with E-state index in [0.717, 1.165) is 31.7 Å². The average molecular weight is 1110 g/mol. The Hall–Kier alpha value is -7.78. The number of ether oxygens (including phenoxy) is 4. The van der Waals surface area contributed by atoms with E-state index in [1.54, 1.807) is 17.0 Å². The number of fused-ring (bicyclic) bond motifs is 2. The first-order valence-electron chi connectivity index (χ1n) is 25.1. The largest absolute Gasteiger partial charge is 0.481 e. The molecule has 0 unspecified atom stereocenters. The van der Waals surface area contributed by atoms with Crippen molar-refractivity contribution in [3.8, 4) is 22.5 Å². The second-order valence-electron chi connectivity index (χ2n) is 18.8. The standard InChI is InChI=1S/C54H54F2N8O14S/c55-35-12-5-10-32(23-35)37-26-63(60-58-37)47-49(71)40(28-75-45(69)19-17-42(65)57-22-21-43(66)62-25-34-9-2-1-7-30(34)15-16-31-8-3-4-14-39(31)62)77-53(51(47)73)79-54-52(74)48(50(72)41(78-54)29-76-46(70)20-18-44(67)68)64-27-38(59-61-64)33-11-6-13-36(56)24-33/h1-16,23-24,26-27,40-41,47-54,71-74H,17-22,25,28-29H2,(H,57,65)(H,67,68)/b16-15-/t40-,41-,47+,48+,49+,50+,51-,52-,53+,54+/m1/s1. The van der Waals surface area contributed by atoms with Gasteiger partial charge < -0.3 is 54.7 Å². The summed E-state index contributed by atoms with van der Waals surface area (Å²) >= 11 is 0.657. The molecule has 22 nitrogen and oxygen atoms in total. The summed E-state index contributed by atoms with van der Waals surface area (Å²) in [6.45, 7) is -1.01. The Labute approximate surface area is 453 Å². The number of aliphatic hydroxyl groups is 4. The number of rotatable bonds is 19. The first kappa shape index (κ1) is 56.0. The predicted octanol–water partition coefficient (Wildman–Crippen LogP) is 3.85. The number of halogens is 2. The van der Waals surface area contributed by atoms with Crippen molar-refractivity contribution in [1.82, 2.24) is 35.3 Å². The number of nitrogens with one attached hydrogen (secondary N) is 1. The monoisotopic (exact) mass is 1110 g/mol. The number of aromatic nitrogens is 6. The fraction of sp³-hybridized carbons (Fsp3) is 0.352. The van der Waals surface area contributed by atoms with Crippen LogP contribution in [-0.2, 0) is 49.5 Å². The van der Waals surface area contributed by atoms with Crippen LogP contribution in [0.15, 0.2) is 109 Å². The van der Waals surface area contributed by atoms with E-state index in [2.05, 4.69) is 25.9 Å². The third-order valence-electron chi connectivity index (χ3n) is 13.4. The lowest BCUT2D eigenvalue weighted by atomic mass is 9.97. The summed E-state index contributed by atoms with van der Waals surface area (Å²) < 4.78 is 53.8. The Morgan fingerprint density at radius 2 is 1.15 bits per heavy atom. The molecule has 3 aliphatic heterocycles. The van der Waals surface area contributed by atoms with Gasteiger partial charge in [-0.15, -0.1) is 10.2 Å². The molecule has 2 saturated heterocycles. The first-order chi connectivity index (χ1) is 38.1. The first-order valence-corrected chi connectivity index (χ1v) is 26.0. The van der Waals surface area contributed by atoms with Crippen LogP contribution in [0, 0.1) is 11.6 Å². The van der Waals surface area contributed by atoms with Crippen LogP contribution in [0.2, 0.25) is 0 Å². The van der Waals surface area contributed by atoms with Gasteiger partial charge in [-0.3, -0.25) is 24.0 Å². The van der Waals surface area contributed by atoms with Gasteiger partial charge in [-0.05, 0) is 47.0 Å². The van der Waals surface area contributed by atoms with E-state index in [1.165, 1.54) is 48.8 Å². The second-order valence-corrected chi connectivity index (χ2v) is 20.0. The van der Waals surface area contributed by atoms with Crippen LogP contribution in [-0.4, -0.2) is 152 Å². The van der Waals surface area contributed by atoms with E-state index >= 15 is 0 Å². The van der Waals surface area contributed by atoms with Gasteiger partial charge in [-0.2, -0.15) is 0 Å². The number of anilines is 1. The van der Waals surface area contributed by atoms with Crippen LogP contribution in [0.4, 0.5) is 14.5 Å². The van der Waals surface area contributed by atoms with Crippen LogP contribution >= 0.6 is 11.8 Å². The number of carbonyl (C=O) groups excluding carboxylic acids is 4. The summed E-state index contributed by atoms with van der Waals surface area (Å²) in [5.41, 5.74) is 1.41. The number of carboxylic acid groups (broad SMARTS) is 1. The number of benzene rings is 4. The Morgan fingerprint density at radius 3 is 1.71 bits per heavy atom. The number of aliphatic carboxylic acids is 1. The van der Waals surface area contributed by atoms with Gasteiger partial charge in [0.05, 0.1) is 43.9 Å². The van der Waals surface area contributed by atoms with Crippen molar-refractivity contribution in [3.63, 3.8) is 0 Å². The summed E-state index contributed by atoms with van der Waals surface area (Å²) in [6, 6.07) is 23.2. The van der Waals surface area contributed by atoms with Gasteiger partial charge in [0.25, 0.3) is 0 Å². The van der Waals surface area contributed by atoms with Gasteiger partial charge in [-0.1, -0.05) is 101 Å². The third kappa shape index (κ3) is 13.6. The number of carboxylic acids is 1. The summed E-state index contributed by atoms with van der Waals surface area (Å²) in [5, 5.41) is 75.8. The number of hydrogen-bond acceptors (Lipinski definition) is 18. The summed E-state index contributed by atoms with van der Waals surface area (Å²) in [7, 11) is 0. The van der Waals surface area contributed by atoms with Gasteiger partial charge >= 0.3 is 17.9 Å². The van der Waals surface area contributed by atoms with E-state index in [1.807, 2.05) is 60.7 Å². The van der Waals surface area contributed by atoms with E-state index in [4.69, 9.17) is 24.1 Å². The number of thioether (sulfide) groups is 1. The van der Waals surface area contributed by atoms with E-state index in [0.29, 0.717) is 29.4 Å². The zero-order chi connectivity index (χ0) is 55.7. The smallest absolute Gasteiger partial charge is 0.306 e. The average Bonchev–Trinajstić information content (AvgIpc) is 4.34. The molecule has 2 amide bonds. The number of esters is 2. The molecule has 414 valence electrons. The third-order valence-corrected chi connectivity index (χ3v) is 14.7. The van der Waals surface area contributed by atoms with Gasteiger partial charge in [0, 0.05) is 30.5 Å². The molecular weight excluding hydrogens is 1050 g/mol. The molecule has 5 heterocycles. The van der Waals surface area contributed by atoms with Gasteiger partial charge in [0.15, 0.2) is 0 Å². The molecule has 6 aromatic rings. The second kappa shape index (κ2) is 25.3. The Balaban J connectivity index is 0.882. The fourth-order valence-electron chi connectivity index (χ4n) is 9.32.